The van der Waals surface area contributed by atoms with E-state index in [1.54, 1.807) is 18.4 Å². The van der Waals surface area contributed by atoms with Crippen molar-refractivity contribution in [3.8, 4) is 0 Å². The van der Waals surface area contributed by atoms with Gasteiger partial charge in [-0.3, -0.25) is 9.59 Å². The van der Waals surface area contributed by atoms with Crippen molar-refractivity contribution >= 4 is 17.8 Å². The third-order valence-corrected chi connectivity index (χ3v) is 3.81. The summed E-state index contributed by atoms with van der Waals surface area (Å²) in [5, 5.41) is 1.60. The summed E-state index contributed by atoms with van der Waals surface area (Å²) in [6, 6.07) is 15.1. The standard InChI is InChI=1S/C20H19F3N2O4/c1-25(11-14-7-3-2-4-8-14)18(27)15-9-5-6-10-16(15)19(28)29-12-17(26)24-13-20(21,22)23/h2-10H,11-13H2,1H3,(H,24,26). The Balaban J connectivity index is 2.02. The molecule has 0 saturated heterocycles. The van der Waals surface area contributed by atoms with Crippen LogP contribution in [0.5, 0.6) is 0 Å². The van der Waals surface area contributed by atoms with Crippen LogP contribution in [0.15, 0.2) is 54.6 Å². The second kappa shape index (κ2) is 9.72. The highest BCUT2D eigenvalue weighted by atomic mass is 19.4. The molecule has 0 spiro atoms. The fourth-order valence-electron chi connectivity index (χ4n) is 2.44. The monoisotopic (exact) mass is 408 g/mol. The van der Waals surface area contributed by atoms with Crippen molar-refractivity contribution in [1.29, 1.82) is 0 Å². The van der Waals surface area contributed by atoms with Gasteiger partial charge in [0.2, 0.25) is 0 Å². The highest BCUT2D eigenvalue weighted by molar-refractivity contribution is 6.05. The molecule has 0 heterocycles. The molecule has 0 radical (unpaired) electrons. The Hall–Kier alpha value is -3.36. The van der Waals surface area contributed by atoms with Gasteiger partial charge in [0, 0.05) is 13.6 Å². The average molecular weight is 408 g/mol. The van der Waals surface area contributed by atoms with Crippen LogP contribution >= 0.6 is 0 Å². The summed E-state index contributed by atoms with van der Waals surface area (Å²) in [6.45, 7) is -2.11. The van der Waals surface area contributed by atoms with E-state index in [1.807, 2.05) is 30.3 Å². The largest absolute Gasteiger partial charge is 0.452 e. The Morgan fingerprint density at radius 2 is 1.55 bits per heavy atom. The summed E-state index contributed by atoms with van der Waals surface area (Å²) in [4.78, 5) is 37.8. The number of benzene rings is 2. The molecule has 0 aliphatic rings. The molecule has 0 bridgehead atoms. The predicted molar refractivity (Wildman–Crippen MR) is 98.0 cm³/mol. The van der Waals surface area contributed by atoms with E-state index in [9.17, 15) is 27.6 Å². The van der Waals surface area contributed by atoms with Gasteiger partial charge in [-0.2, -0.15) is 13.2 Å². The number of nitrogens with one attached hydrogen (secondary N) is 1. The van der Waals surface area contributed by atoms with Crippen molar-refractivity contribution in [1.82, 2.24) is 10.2 Å². The summed E-state index contributed by atoms with van der Waals surface area (Å²) in [7, 11) is 1.57. The second-order valence-corrected chi connectivity index (χ2v) is 6.16. The Morgan fingerprint density at radius 1 is 0.966 bits per heavy atom. The minimum atomic E-state index is -4.57. The van der Waals surface area contributed by atoms with E-state index in [4.69, 9.17) is 4.74 Å². The van der Waals surface area contributed by atoms with Gasteiger partial charge in [0.05, 0.1) is 11.1 Å². The molecule has 0 atom stereocenters. The molecule has 0 saturated carbocycles. The zero-order valence-corrected chi connectivity index (χ0v) is 15.5. The van der Waals surface area contributed by atoms with Crippen LogP contribution in [0.2, 0.25) is 0 Å². The number of carbonyl (C=O) groups is 3. The van der Waals surface area contributed by atoms with Gasteiger partial charge >= 0.3 is 12.1 Å². The van der Waals surface area contributed by atoms with Gasteiger partial charge in [0.15, 0.2) is 6.61 Å². The molecule has 29 heavy (non-hydrogen) atoms. The van der Waals surface area contributed by atoms with Crippen molar-refractivity contribution in [3.63, 3.8) is 0 Å². The Bertz CT molecular complexity index is 870. The topological polar surface area (TPSA) is 75.7 Å². The lowest BCUT2D eigenvalue weighted by molar-refractivity contribution is -0.140. The Labute approximate surface area is 165 Å². The molecule has 0 aliphatic carbocycles. The summed E-state index contributed by atoms with van der Waals surface area (Å²) in [5.74, 6) is -2.52. The van der Waals surface area contributed by atoms with E-state index in [2.05, 4.69) is 0 Å². The number of carbonyl (C=O) groups excluding carboxylic acids is 3. The first-order valence-corrected chi connectivity index (χ1v) is 8.56. The van der Waals surface area contributed by atoms with Gasteiger partial charge in [-0.15, -0.1) is 0 Å². The number of nitrogens with zero attached hydrogens (tertiary/aromatic N) is 1. The highest BCUT2D eigenvalue weighted by Gasteiger charge is 2.28. The van der Waals surface area contributed by atoms with E-state index in [1.165, 1.54) is 23.1 Å². The molecule has 1 N–H and O–H groups in total. The third kappa shape index (κ3) is 6.95. The maximum absolute atomic E-state index is 12.7. The summed E-state index contributed by atoms with van der Waals surface area (Å²) < 4.78 is 41.0. The van der Waals surface area contributed by atoms with Gasteiger partial charge in [-0.1, -0.05) is 42.5 Å². The maximum atomic E-state index is 12.7. The summed E-state index contributed by atoms with van der Waals surface area (Å²) in [6.07, 6.45) is -4.57. The smallest absolute Gasteiger partial charge is 0.405 e. The number of rotatable bonds is 7. The lowest BCUT2D eigenvalue weighted by Gasteiger charge is -2.19. The quantitative estimate of drug-likeness (QED) is 0.715. The zero-order chi connectivity index (χ0) is 21.4. The number of hydrogen-bond acceptors (Lipinski definition) is 4. The van der Waals surface area contributed by atoms with Crippen molar-refractivity contribution in [3.05, 3.63) is 71.3 Å². The second-order valence-electron chi connectivity index (χ2n) is 6.16. The fraction of sp³-hybridized carbons (Fsp3) is 0.250. The predicted octanol–water partition coefficient (Wildman–Crippen LogP) is 2.79. The SMILES string of the molecule is CN(Cc1ccccc1)C(=O)c1ccccc1C(=O)OCC(=O)NCC(F)(F)F. The number of alkyl halides is 3. The molecule has 6 nitrogen and oxygen atoms in total. The van der Waals surface area contributed by atoms with Gasteiger partial charge in [0.1, 0.15) is 6.54 Å². The van der Waals surface area contributed by atoms with Gasteiger partial charge in [-0.05, 0) is 17.7 Å². The lowest BCUT2D eigenvalue weighted by atomic mass is 10.1. The molecule has 0 unspecified atom stereocenters. The van der Waals surface area contributed by atoms with E-state index >= 15 is 0 Å². The summed E-state index contributed by atoms with van der Waals surface area (Å²) >= 11 is 0. The number of hydrogen-bond donors (Lipinski definition) is 1. The van der Waals surface area contributed by atoms with Crippen LogP contribution in [-0.4, -0.2) is 49.1 Å². The number of halogens is 3. The van der Waals surface area contributed by atoms with Crippen molar-refractivity contribution in [2.45, 2.75) is 12.7 Å². The first kappa shape index (κ1) is 21.9. The van der Waals surface area contributed by atoms with E-state index in [0.717, 1.165) is 5.56 Å². The van der Waals surface area contributed by atoms with E-state index in [-0.39, 0.29) is 11.1 Å². The molecule has 154 valence electrons. The highest BCUT2D eigenvalue weighted by Crippen LogP contribution is 2.15. The van der Waals surface area contributed by atoms with Crippen molar-refractivity contribution < 1.29 is 32.3 Å². The average Bonchev–Trinajstić information content (AvgIpc) is 2.70. The maximum Gasteiger partial charge on any atom is 0.405 e. The lowest BCUT2D eigenvalue weighted by Crippen LogP contribution is -2.36. The molecule has 0 fully saturated rings. The van der Waals surface area contributed by atoms with Crippen LogP contribution in [0.3, 0.4) is 0 Å². The van der Waals surface area contributed by atoms with Crippen LogP contribution in [0.4, 0.5) is 13.2 Å². The van der Waals surface area contributed by atoms with Crippen molar-refractivity contribution in [2.24, 2.45) is 0 Å². The van der Waals surface area contributed by atoms with Crippen LogP contribution in [-0.2, 0) is 16.1 Å². The minimum absolute atomic E-state index is 0.0617. The Kier molecular flexibility index (Phi) is 7.35. The van der Waals surface area contributed by atoms with Gasteiger partial charge in [0.25, 0.3) is 11.8 Å². The first-order valence-electron chi connectivity index (χ1n) is 8.56. The number of ether oxygens (including phenoxy) is 1. The van der Waals surface area contributed by atoms with Crippen LogP contribution < -0.4 is 5.32 Å². The summed E-state index contributed by atoms with van der Waals surface area (Å²) in [5.41, 5.74) is 0.873. The van der Waals surface area contributed by atoms with Gasteiger partial charge < -0.3 is 15.0 Å². The Morgan fingerprint density at radius 3 is 2.17 bits per heavy atom. The van der Waals surface area contributed by atoms with E-state index in [0.29, 0.717) is 6.54 Å². The molecule has 0 aromatic heterocycles. The molecule has 2 aromatic carbocycles. The molecular formula is C20H19F3N2O4. The first-order chi connectivity index (χ1) is 13.7. The molecular weight excluding hydrogens is 389 g/mol. The third-order valence-electron chi connectivity index (χ3n) is 3.81. The molecule has 2 amide bonds. The van der Waals surface area contributed by atoms with Crippen molar-refractivity contribution in [2.75, 3.05) is 20.2 Å². The molecule has 2 aromatic rings. The number of amides is 2. The number of esters is 1. The molecule has 0 aliphatic heterocycles. The van der Waals surface area contributed by atoms with Gasteiger partial charge in [-0.25, -0.2) is 4.79 Å². The van der Waals surface area contributed by atoms with Crippen LogP contribution in [0.1, 0.15) is 26.3 Å². The fourth-order valence-corrected chi connectivity index (χ4v) is 2.44. The molecule has 9 heteroatoms. The van der Waals surface area contributed by atoms with Crippen LogP contribution in [0.25, 0.3) is 0 Å². The molecule has 2 rings (SSSR count). The zero-order valence-electron chi connectivity index (χ0n) is 15.5. The normalized spacial score (nSPS) is 10.9. The minimum Gasteiger partial charge on any atom is -0.452 e. The van der Waals surface area contributed by atoms with Crippen LogP contribution in [0, 0.1) is 0 Å². The van der Waals surface area contributed by atoms with E-state index < -0.39 is 37.1 Å².